The second-order valence-electron chi connectivity index (χ2n) is 5.00. The predicted octanol–water partition coefficient (Wildman–Crippen LogP) is 2.32. The third kappa shape index (κ3) is 3.61. The fraction of sp³-hybridized carbons (Fsp3) is 0.467. The molecule has 21 heavy (non-hydrogen) atoms. The van der Waals surface area contributed by atoms with Gasteiger partial charge >= 0.3 is 0 Å². The molecule has 5 nitrogen and oxygen atoms in total. The molecule has 2 atom stereocenters. The average Bonchev–Trinajstić information content (AvgIpc) is 2.70. The van der Waals surface area contributed by atoms with Crippen LogP contribution in [0.1, 0.15) is 20.3 Å². The number of aliphatic imine (C=N–C) groups is 2. The van der Waals surface area contributed by atoms with Crippen LogP contribution in [-0.2, 0) is 4.74 Å². The molecule has 0 bridgehead atoms. The largest absolute Gasteiger partial charge is 0.368 e. The van der Waals surface area contributed by atoms with Crippen LogP contribution in [0.25, 0.3) is 0 Å². The van der Waals surface area contributed by atoms with Crippen LogP contribution in [0.5, 0.6) is 0 Å². The molecule has 2 aliphatic rings. The van der Waals surface area contributed by atoms with Crippen molar-refractivity contribution < 1.29 is 4.74 Å². The Morgan fingerprint density at radius 3 is 2.90 bits per heavy atom. The molecule has 0 fully saturated rings. The number of methoxy groups -OCH3 is 1. The number of ether oxygens (including phenoxy) is 1. The zero-order valence-corrected chi connectivity index (χ0v) is 13.5. The Bertz CT molecular complexity index is 557. The molecular formula is C15H21ClN4O. The van der Waals surface area contributed by atoms with Gasteiger partial charge in [0.2, 0.25) is 0 Å². The number of hydrogen-bond donors (Lipinski definition) is 2. The average molecular weight is 309 g/mol. The van der Waals surface area contributed by atoms with E-state index in [0.29, 0.717) is 5.17 Å². The van der Waals surface area contributed by atoms with Gasteiger partial charge < -0.3 is 10.1 Å². The lowest BCUT2D eigenvalue weighted by Crippen LogP contribution is -2.57. The standard InChI is InChI=1S/C15H21ClN4O/c1-9-5-6-11(18-8-7-9)14-19-10(2)12(13(16)17-3)15(20-14)21-4/h5,7-8,14-15,19-20H,6H2,1-4H3/b17-13+. The van der Waals surface area contributed by atoms with Crippen molar-refractivity contribution in [3.8, 4) is 0 Å². The second kappa shape index (κ2) is 7.02. The van der Waals surface area contributed by atoms with Gasteiger partial charge in [-0.1, -0.05) is 23.3 Å². The van der Waals surface area contributed by atoms with Crippen molar-refractivity contribution in [1.29, 1.82) is 0 Å². The minimum atomic E-state index is -0.313. The van der Waals surface area contributed by atoms with E-state index in [1.807, 2.05) is 19.2 Å². The minimum Gasteiger partial charge on any atom is -0.368 e. The van der Waals surface area contributed by atoms with Crippen LogP contribution in [0, 0.1) is 0 Å². The van der Waals surface area contributed by atoms with E-state index in [9.17, 15) is 0 Å². The lowest BCUT2D eigenvalue weighted by molar-refractivity contribution is 0.0927. The topological polar surface area (TPSA) is 58.0 Å². The molecule has 2 N–H and O–H groups in total. The quantitative estimate of drug-likeness (QED) is 0.787. The Balaban J connectivity index is 2.26. The number of rotatable bonds is 3. The third-order valence-electron chi connectivity index (χ3n) is 3.54. The molecule has 0 amide bonds. The smallest absolute Gasteiger partial charge is 0.140 e. The fourth-order valence-corrected chi connectivity index (χ4v) is 2.59. The van der Waals surface area contributed by atoms with E-state index in [4.69, 9.17) is 16.3 Å². The van der Waals surface area contributed by atoms with E-state index in [0.717, 1.165) is 23.4 Å². The molecule has 0 aliphatic carbocycles. The molecule has 2 aliphatic heterocycles. The van der Waals surface area contributed by atoms with Crippen LogP contribution >= 0.6 is 11.6 Å². The molecule has 0 saturated carbocycles. The first-order valence-electron chi connectivity index (χ1n) is 6.85. The zero-order chi connectivity index (χ0) is 15.4. The number of allylic oxidation sites excluding steroid dienone is 4. The normalized spacial score (nSPS) is 27.0. The summed E-state index contributed by atoms with van der Waals surface area (Å²) in [4.78, 5) is 8.54. The van der Waals surface area contributed by atoms with Gasteiger partial charge in [0.05, 0.1) is 11.3 Å². The minimum absolute atomic E-state index is 0.0909. The Morgan fingerprint density at radius 1 is 1.48 bits per heavy atom. The SMILES string of the molecule is C/N=C(/Cl)C1=C(C)NC(C2=NC=CC(C)=CC2)NC1OC. The Morgan fingerprint density at radius 2 is 2.24 bits per heavy atom. The van der Waals surface area contributed by atoms with Gasteiger partial charge in [-0.25, -0.2) is 0 Å². The van der Waals surface area contributed by atoms with Crippen LogP contribution in [0.4, 0.5) is 0 Å². The van der Waals surface area contributed by atoms with E-state index in [2.05, 4.69) is 33.6 Å². The second-order valence-corrected chi connectivity index (χ2v) is 5.36. The highest BCUT2D eigenvalue weighted by Gasteiger charge is 2.30. The van der Waals surface area contributed by atoms with Gasteiger partial charge in [-0.2, -0.15) is 0 Å². The van der Waals surface area contributed by atoms with Crippen LogP contribution in [0.3, 0.4) is 0 Å². The first-order valence-corrected chi connectivity index (χ1v) is 7.23. The molecule has 0 aromatic carbocycles. The van der Waals surface area contributed by atoms with E-state index < -0.39 is 0 Å². The van der Waals surface area contributed by atoms with E-state index in [1.165, 1.54) is 5.57 Å². The summed E-state index contributed by atoms with van der Waals surface area (Å²) in [6.45, 7) is 4.03. The molecule has 0 aromatic rings. The summed E-state index contributed by atoms with van der Waals surface area (Å²) in [6.07, 6.45) is 6.37. The van der Waals surface area contributed by atoms with Gasteiger partial charge in [-0.3, -0.25) is 15.3 Å². The molecule has 2 rings (SSSR count). The maximum atomic E-state index is 6.17. The predicted molar refractivity (Wildman–Crippen MR) is 87.7 cm³/mol. The highest BCUT2D eigenvalue weighted by atomic mass is 35.5. The van der Waals surface area contributed by atoms with Crippen molar-refractivity contribution in [2.75, 3.05) is 14.2 Å². The summed E-state index contributed by atoms with van der Waals surface area (Å²) >= 11 is 6.17. The summed E-state index contributed by atoms with van der Waals surface area (Å²) in [5, 5.41) is 7.19. The lowest BCUT2D eigenvalue weighted by atomic mass is 10.1. The fourth-order valence-electron chi connectivity index (χ4n) is 2.35. The summed E-state index contributed by atoms with van der Waals surface area (Å²) in [5.41, 5.74) is 3.99. The molecule has 0 saturated heterocycles. The molecule has 0 aromatic heterocycles. The lowest BCUT2D eigenvalue weighted by Gasteiger charge is -2.34. The molecule has 2 heterocycles. The Hall–Kier alpha value is -1.43. The van der Waals surface area contributed by atoms with Crippen molar-refractivity contribution in [2.45, 2.75) is 32.7 Å². The van der Waals surface area contributed by atoms with Gasteiger partial charge in [0.15, 0.2) is 0 Å². The Kier molecular flexibility index (Phi) is 5.33. The molecular weight excluding hydrogens is 288 g/mol. The highest BCUT2D eigenvalue weighted by molar-refractivity contribution is 6.69. The van der Waals surface area contributed by atoms with E-state index in [-0.39, 0.29) is 12.4 Å². The molecule has 0 spiro atoms. The molecule has 6 heteroatoms. The summed E-state index contributed by atoms with van der Waals surface area (Å²) < 4.78 is 5.51. The van der Waals surface area contributed by atoms with Gasteiger partial charge in [0.1, 0.15) is 17.6 Å². The number of nitrogens with one attached hydrogen (secondary N) is 2. The number of hydrogen-bond acceptors (Lipinski definition) is 5. The first kappa shape index (κ1) is 15.9. The Labute approximate surface area is 130 Å². The van der Waals surface area contributed by atoms with Crippen molar-refractivity contribution >= 4 is 22.5 Å². The maximum Gasteiger partial charge on any atom is 0.140 e. The van der Waals surface area contributed by atoms with Crippen molar-refractivity contribution in [3.63, 3.8) is 0 Å². The van der Waals surface area contributed by atoms with Gasteiger partial charge in [0, 0.05) is 32.5 Å². The van der Waals surface area contributed by atoms with Gasteiger partial charge in [-0.15, -0.1) is 0 Å². The number of nitrogens with zero attached hydrogens (tertiary/aromatic N) is 2. The van der Waals surface area contributed by atoms with E-state index in [1.54, 1.807) is 14.2 Å². The van der Waals surface area contributed by atoms with Crippen LogP contribution in [0.15, 0.2) is 45.2 Å². The van der Waals surface area contributed by atoms with Gasteiger partial charge in [-0.05, 0) is 19.9 Å². The third-order valence-corrected chi connectivity index (χ3v) is 3.92. The van der Waals surface area contributed by atoms with Crippen molar-refractivity contribution in [2.24, 2.45) is 9.98 Å². The van der Waals surface area contributed by atoms with Crippen LogP contribution in [-0.4, -0.2) is 37.4 Å². The van der Waals surface area contributed by atoms with Crippen LogP contribution in [0.2, 0.25) is 0 Å². The van der Waals surface area contributed by atoms with Crippen molar-refractivity contribution in [3.05, 3.63) is 35.2 Å². The molecule has 114 valence electrons. The van der Waals surface area contributed by atoms with Crippen molar-refractivity contribution in [1.82, 2.24) is 10.6 Å². The highest BCUT2D eigenvalue weighted by Crippen LogP contribution is 2.19. The first-order chi connectivity index (χ1) is 10.1. The number of halogens is 1. The van der Waals surface area contributed by atoms with Gasteiger partial charge in [0.25, 0.3) is 0 Å². The monoisotopic (exact) mass is 308 g/mol. The molecule has 2 unspecified atom stereocenters. The van der Waals surface area contributed by atoms with Crippen LogP contribution < -0.4 is 10.6 Å². The van der Waals surface area contributed by atoms with E-state index >= 15 is 0 Å². The summed E-state index contributed by atoms with van der Waals surface area (Å²) in [6, 6.07) is 0. The summed E-state index contributed by atoms with van der Waals surface area (Å²) in [7, 11) is 3.31. The maximum absolute atomic E-state index is 6.17. The zero-order valence-electron chi connectivity index (χ0n) is 12.8. The molecule has 0 radical (unpaired) electrons. The summed E-state index contributed by atoms with van der Waals surface area (Å²) in [5.74, 6) is 0.